The van der Waals surface area contributed by atoms with Gasteiger partial charge in [0.2, 0.25) is 0 Å². The van der Waals surface area contributed by atoms with E-state index < -0.39 is 0 Å². The summed E-state index contributed by atoms with van der Waals surface area (Å²) < 4.78 is 0. The molecule has 0 fully saturated rings. The summed E-state index contributed by atoms with van der Waals surface area (Å²) in [6, 6.07) is 14.0. The van der Waals surface area contributed by atoms with Crippen LogP contribution in [-0.2, 0) is 13.2 Å². The average molecular weight is 276 g/mol. The first-order valence-corrected chi connectivity index (χ1v) is 6.64. The molecule has 0 saturated carbocycles. The van der Waals surface area contributed by atoms with Crippen LogP contribution in [0.5, 0.6) is 0 Å². The van der Waals surface area contributed by atoms with Gasteiger partial charge in [0.25, 0.3) is 0 Å². The van der Waals surface area contributed by atoms with Crippen LogP contribution < -0.4 is 4.90 Å². The van der Waals surface area contributed by atoms with Gasteiger partial charge in [-0.05, 0) is 47.9 Å². The third-order valence-electron chi connectivity index (χ3n) is 3.25. The largest absolute Gasteiger partial charge is 0.392 e. The fraction of sp³-hybridized carbons (Fsp3) is 0.250. The number of nitrogens with zero attached hydrogens (tertiary/aromatic N) is 1. The molecule has 0 saturated heterocycles. The Hall–Kier alpha value is -1.51. The summed E-state index contributed by atoms with van der Waals surface area (Å²) in [6.07, 6.45) is 0. The standard InChI is InChI=1S/C16H18ClNO/c1-12-8-16(7-6-14(12)11-19)18(2)10-13-4-3-5-15(17)9-13/h3-9,19H,10-11H2,1-2H3. The van der Waals surface area contributed by atoms with Gasteiger partial charge in [-0.3, -0.25) is 0 Å². The minimum atomic E-state index is 0.0874. The molecule has 3 heteroatoms. The lowest BCUT2D eigenvalue weighted by Gasteiger charge is -2.20. The molecule has 0 radical (unpaired) electrons. The fourth-order valence-corrected chi connectivity index (χ4v) is 2.31. The summed E-state index contributed by atoms with van der Waals surface area (Å²) in [6.45, 7) is 2.91. The summed E-state index contributed by atoms with van der Waals surface area (Å²) in [5, 5.41) is 9.95. The quantitative estimate of drug-likeness (QED) is 0.918. The smallest absolute Gasteiger partial charge is 0.0684 e. The predicted molar refractivity (Wildman–Crippen MR) is 80.7 cm³/mol. The summed E-state index contributed by atoms with van der Waals surface area (Å²) >= 11 is 5.99. The molecule has 0 bridgehead atoms. The van der Waals surface area contributed by atoms with Gasteiger partial charge in [-0.25, -0.2) is 0 Å². The zero-order valence-corrected chi connectivity index (χ0v) is 12.0. The van der Waals surface area contributed by atoms with Crippen molar-refractivity contribution in [1.82, 2.24) is 0 Å². The Morgan fingerprint density at radius 1 is 1.16 bits per heavy atom. The number of aliphatic hydroxyl groups is 1. The van der Waals surface area contributed by atoms with Gasteiger partial charge in [-0.15, -0.1) is 0 Å². The third kappa shape index (κ3) is 3.49. The van der Waals surface area contributed by atoms with Crippen molar-refractivity contribution in [3.63, 3.8) is 0 Å². The zero-order chi connectivity index (χ0) is 13.8. The molecular formula is C16H18ClNO. The monoisotopic (exact) mass is 275 g/mol. The van der Waals surface area contributed by atoms with Gasteiger partial charge in [0, 0.05) is 24.3 Å². The zero-order valence-electron chi connectivity index (χ0n) is 11.2. The molecule has 0 heterocycles. The molecule has 2 aromatic rings. The second-order valence-corrected chi connectivity index (χ2v) is 5.19. The molecule has 2 rings (SSSR count). The second kappa shape index (κ2) is 6.09. The van der Waals surface area contributed by atoms with Crippen molar-refractivity contribution in [2.75, 3.05) is 11.9 Å². The van der Waals surface area contributed by atoms with Crippen LogP contribution in [0.25, 0.3) is 0 Å². The highest BCUT2D eigenvalue weighted by Gasteiger charge is 2.05. The van der Waals surface area contributed by atoms with Gasteiger partial charge in [0.1, 0.15) is 0 Å². The first kappa shape index (κ1) is 13.9. The molecule has 2 nitrogen and oxygen atoms in total. The van der Waals surface area contributed by atoms with E-state index in [2.05, 4.69) is 17.0 Å². The number of hydrogen-bond acceptors (Lipinski definition) is 2. The lowest BCUT2D eigenvalue weighted by atomic mass is 10.1. The van der Waals surface area contributed by atoms with Crippen LogP contribution in [0.4, 0.5) is 5.69 Å². The molecule has 0 aromatic heterocycles. The molecule has 0 atom stereocenters. The van der Waals surface area contributed by atoms with E-state index in [9.17, 15) is 5.11 Å². The van der Waals surface area contributed by atoms with Crippen LogP contribution in [0.3, 0.4) is 0 Å². The SMILES string of the molecule is Cc1cc(N(C)Cc2cccc(Cl)c2)ccc1CO. The molecular weight excluding hydrogens is 258 g/mol. The Bertz CT molecular complexity index is 568. The molecule has 19 heavy (non-hydrogen) atoms. The van der Waals surface area contributed by atoms with Crippen molar-refractivity contribution in [3.8, 4) is 0 Å². The Morgan fingerprint density at radius 3 is 2.58 bits per heavy atom. The van der Waals surface area contributed by atoms with Crippen LogP contribution in [-0.4, -0.2) is 12.2 Å². The normalized spacial score (nSPS) is 10.5. The lowest BCUT2D eigenvalue weighted by molar-refractivity contribution is 0.281. The van der Waals surface area contributed by atoms with Crippen molar-refractivity contribution in [2.24, 2.45) is 0 Å². The molecule has 1 N–H and O–H groups in total. The summed E-state index contributed by atoms with van der Waals surface area (Å²) in [5.41, 5.74) is 4.39. The Morgan fingerprint density at radius 2 is 1.95 bits per heavy atom. The predicted octanol–water partition coefficient (Wildman–Crippen LogP) is 3.78. The van der Waals surface area contributed by atoms with Crippen molar-refractivity contribution in [2.45, 2.75) is 20.1 Å². The van der Waals surface area contributed by atoms with Crippen LogP contribution in [0.2, 0.25) is 5.02 Å². The van der Waals surface area contributed by atoms with Crippen molar-refractivity contribution < 1.29 is 5.11 Å². The van der Waals surface area contributed by atoms with Gasteiger partial charge >= 0.3 is 0 Å². The number of aliphatic hydroxyl groups excluding tert-OH is 1. The number of anilines is 1. The lowest BCUT2D eigenvalue weighted by Crippen LogP contribution is -2.16. The van der Waals surface area contributed by atoms with Crippen molar-refractivity contribution >= 4 is 17.3 Å². The van der Waals surface area contributed by atoms with E-state index in [-0.39, 0.29) is 6.61 Å². The summed E-state index contributed by atoms with van der Waals surface area (Å²) in [4.78, 5) is 2.17. The highest BCUT2D eigenvalue weighted by Crippen LogP contribution is 2.21. The van der Waals surface area contributed by atoms with Crippen LogP contribution >= 0.6 is 11.6 Å². The van der Waals surface area contributed by atoms with Gasteiger partial charge in [-0.1, -0.05) is 29.8 Å². The first-order valence-electron chi connectivity index (χ1n) is 6.26. The first-order chi connectivity index (χ1) is 9.10. The number of halogens is 1. The van der Waals surface area contributed by atoms with Crippen molar-refractivity contribution in [1.29, 1.82) is 0 Å². The van der Waals surface area contributed by atoms with E-state index in [0.29, 0.717) is 0 Å². The van der Waals surface area contributed by atoms with Crippen LogP contribution in [0.1, 0.15) is 16.7 Å². The van der Waals surface area contributed by atoms with Gasteiger partial charge in [-0.2, -0.15) is 0 Å². The maximum Gasteiger partial charge on any atom is 0.0684 e. The van der Waals surface area contributed by atoms with Crippen LogP contribution in [0, 0.1) is 6.92 Å². The van der Waals surface area contributed by atoms with E-state index in [1.54, 1.807) is 0 Å². The highest BCUT2D eigenvalue weighted by molar-refractivity contribution is 6.30. The Kier molecular flexibility index (Phi) is 4.46. The van der Waals surface area contributed by atoms with Crippen molar-refractivity contribution in [3.05, 3.63) is 64.2 Å². The van der Waals surface area contributed by atoms with E-state index >= 15 is 0 Å². The molecule has 0 aliphatic heterocycles. The topological polar surface area (TPSA) is 23.5 Å². The summed E-state index contributed by atoms with van der Waals surface area (Å²) in [7, 11) is 2.05. The summed E-state index contributed by atoms with van der Waals surface area (Å²) in [5.74, 6) is 0. The maximum atomic E-state index is 9.19. The fourth-order valence-electron chi connectivity index (χ4n) is 2.10. The van der Waals surface area contributed by atoms with E-state index in [0.717, 1.165) is 28.4 Å². The molecule has 0 amide bonds. The molecule has 0 aliphatic rings. The van der Waals surface area contributed by atoms with E-state index in [1.165, 1.54) is 5.56 Å². The number of benzene rings is 2. The number of aryl methyl sites for hydroxylation is 1. The molecule has 0 spiro atoms. The minimum Gasteiger partial charge on any atom is -0.392 e. The molecule has 0 aliphatic carbocycles. The Balaban J connectivity index is 2.15. The van der Waals surface area contributed by atoms with E-state index in [1.807, 2.05) is 44.3 Å². The molecule has 0 unspecified atom stereocenters. The number of hydrogen-bond donors (Lipinski definition) is 1. The minimum absolute atomic E-state index is 0.0874. The van der Waals surface area contributed by atoms with E-state index in [4.69, 9.17) is 11.6 Å². The van der Waals surface area contributed by atoms with Gasteiger partial charge in [0.15, 0.2) is 0 Å². The molecule has 2 aromatic carbocycles. The third-order valence-corrected chi connectivity index (χ3v) is 3.48. The maximum absolute atomic E-state index is 9.19. The average Bonchev–Trinajstić information content (AvgIpc) is 2.38. The Labute approximate surface area is 119 Å². The molecule has 100 valence electrons. The van der Waals surface area contributed by atoms with Gasteiger partial charge < -0.3 is 10.0 Å². The second-order valence-electron chi connectivity index (χ2n) is 4.75. The van der Waals surface area contributed by atoms with Gasteiger partial charge in [0.05, 0.1) is 6.61 Å². The highest BCUT2D eigenvalue weighted by atomic mass is 35.5. The van der Waals surface area contributed by atoms with Crippen LogP contribution in [0.15, 0.2) is 42.5 Å². The number of rotatable bonds is 4.